The second kappa shape index (κ2) is 6.95. The predicted octanol–water partition coefficient (Wildman–Crippen LogP) is 4.62. The van der Waals surface area contributed by atoms with Gasteiger partial charge in [0.05, 0.1) is 0 Å². The van der Waals surface area contributed by atoms with Gasteiger partial charge in [0, 0.05) is 21.9 Å². The van der Waals surface area contributed by atoms with Crippen LogP contribution in [-0.4, -0.2) is 6.54 Å². The van der Waals surface area contributed by atoms with Crippen molar-refractivity contribution in [1.82, 2.24) is 5.32 Å². The molecule has 20 heavy (non-hydrogen) atoms. The van der Waals surface area contributed by atoms with Gasteiger partial charge in [-0.1, -0.05) is 6.92 Å². The van der Waals surface area contributed by atoms with E-state index in [9.17, 15) is 8.78 Å². The Hall–Kier alpha value is -1.26. The largest absolute Gasteiger partial charge is 0.309 e. The van der Waals surface area contributed by atoms with E-state index < -0.39 is 11.6 Å². The molecule has 0 fully saturated rings. The molecule has 2 aromatic rings. The molecular weight excluding hydrogens is 276 g/mol. The predicted molar refractivity (Wildman–Crippen MR) is 80.2 cm³/mol. The van der Waals surface area contributed by atoms with Crippen LogP contribution in [0.2, 0.25) is 0 Å². The summed E-state index contributed by atoms with van der Waals surface area (Å²) in [5, 5.41) is 3.45. The molecule has 0 amide bonds. The minimum Gasteiger partial charge on any atom is -0.309 e. The summed E-state index contributed by atoms with van der Waals surface area (Å²) in [5.41, 5.74) is 0.683. The maximum absolute atomic E-state index is 13.3. The van der Waals surface area contributed by atoms with Gasteiger partial charge in [0.2, 0.25) is 0 Å². The Morgan fingerprint density at radius 2 is 1.85 bits per heavy atom. The van der Waals surface area contributed by atoms with Crippen molar-refractivity contribution in [3.8, 4) is 0 Å². The van der Waals surface area contributed by atoms with E-state index in [0.29, 0.717) is 12.0 Å². The zero-order valence-electron chi connectivity index (χ0n) is 11.7. The van der Waals surface area contributed by atoms with E-state index in [1.807, 2.05) is 0 Å². The van der Waals surface area contributed by atoms with Gasteiger partial charge in [-0.05, 0) is 56.1 Å². The van der Waals surface area contributed by atoms with E-state index in [1.165, 1.54) is 21.9 Å². The molecule has 0 saturated carbocycles. The second-order valence-electron chi connectivity index (χ2n) is 4.94. The van der Waals surface area contributed by atoms with Gasteiger partial charge in [-0.15, -0.1) is 11.3 Å². The highest BCUT2D eigenvalue weighted by molar-refractivity contribution is 7.12. The van der Waals surface area contributed by atoms with Crippen molar-refractivity contribution >= 4 is 11.3 Å². The number of thiophene rings is 1. The summed E-state index contributed by atoms with van der Waals surface area (Å²) in [6.07, 6.45) is 1.62. The van der Waals surface area contributed by atoms with Gasteiger partial charge in [0.1, 0.15) is 11.6 Å². The Kier molecular flexibility index (Phi) is 5.26. The van der Waals surface area contributed by atoms with Crippen LogP contribution < -0.4 is 5.32 Å². The van der Waals surface area contributed by atoms with Crippen molar-refractivity contribution in [3.63, 3.8) is 0 Å². The first-order valence-electron chi connectivity index (χ1n) is 6.83. The fourth-order valence-electron chi connectivity index (χ4n) is 2.20. The number of hydrogen-bond donors (Lipinski definition) is 1. The van der Waals surface area contributed by atoms with Crippen LogP contribution in [0, 0.1) is 18.6 Å². The van der Waals surface area contributed by atoms with Gasteiger partial charge in [-0.25, -0.2) is 8.78 Å². The summed E-state index contributed by atoms with van der Waals surface area (Å²) < 4.78 is 26.6. The SMILES string of the molecule is CCCNC(Cc1cc(F)cc(F)c1)c1ccc(C)s1. The normalized spacial score (nSPS) is 12.6. The zero-order chi connectivity index (χ0) is 14.5. The molecule has 0 bridgehead atoms. The minimum atomic E-state index is -0.517. The summed E-state index contributed by atoms with van der Waals surface area (Å²) in [4.78, 5) is 2.45. The van der Waals surface area contributed by atoms with Crippen molar-refractivity contribution in [2.75, 3.05) is 6.54 Å². The molecule has 0 aliphatic carbocycles. The fourth-order valence-corrected chi connectivity index (χ4v) is 3.15. The van der Waals surface area contributed by atoms with Gasteiger partial charge in [-0.2, -0.15) is 0 Å². The van der Waals surface area contributed by atoms with Crippen molar-refractivity contribution in [3.05, 3.63) is 57.3 Å². The first-order valence-corrected chi connectivity index (χ1v) is 7.65. The molecule has 0 aliphatic rings. The summed E-state index contributed by atoms with van der Waals surface area (Å²) in [5.74, 6) is -1.03. The molecule has 2 rings (SSSR count). The molecule has 1 atom stereocenters. The smallest absolute Gasteiger partial charge is 0.126 e. The number of rotatable bonds is 6. The van der Waals surface area contributed by atoms with Gasteiger partial charge >= 0.3 is 0 Å². The van der Waals surface area contributed by atoms with Crippen LogP contribution >= 0.6 is 11.3 Å². The van der Waals surface area contributed by atoms with Crippen molar-refractivity contribution in [2.45, 2.75) is 32.7 Å². The van der Waals surface area contributed by atoms with Gasteiger partial charge in [-0.3, -0.25) is 0 Å². The zero-order valence-corrected chi connectivity index (χ0v) is 12.6. The van der Waals surface area contributed by atoms with Gasteiger partial charge in [0.25, 0.3) is 0 Å². The summed E-state index contributed by atoms with van der Waals surface area (Å²) in [6.45, 7) is 5.05. The summed E-state index contributed by atoms with van der Waals surface area (Å²) in [6, 6.07) is 7.99. The molecule has 4 heteroatoms. The highest BCUT2D eigenvalue weighted by atomic mass is 32.1. The third kappa shape index (κ3) is 4.12. The quantitative estimate of drug-likeness (QED) is 0.820. The molecule has 0 saturated heterocycles. The Morgan fingerprint density at radius 3 is 2.40 bits per heavy atom. The topological polar surface area (TPSA) is 12.0 Å². The van der Waals surface area contributed by atoms with Crippen LogP contribution in [0.15, 0.2) is 30.3 Å². The Labute approximate surface area is 122 Å². The first kappa shape index (κ1) is 15.1. The van der Waals surface area contributed by atoms with Crippen molar-refractivity contribution in [1.29, 1.82) is 0 Å². The van der Waals surface area contributed by atoms with E-state index in [0.717, 1.165) is 19.0 Å². The lowest BCUT2D eigenvalue weighted by Gasteiger charge is -2.17. The van der Waals surface area contributed by atoms with Crippen LogP contribution in [0.4, 0.5) is 8.78 Å². The van der Waals surface area contributed by atoms with Crippen LogP contribution in [0.3, 0.4) is 0 Å². The summed E-state index contributed by atoms with van der Waals surface area (Å²) >= 11 is 1.72. The first-order chi connectivity index (χ1) is 9.58. The summed E-state index contributed by atoms with van der Waals surface area (Å²) in [7, 11) is 0. The van der Waals surface area contributed by atoms with Crippen LogP contribution in [0.25, 0.3) is 0 Å². The minimum absolute atomic E-state index is 0.106. The van der Waals surface area contributed by atoms with Gasteiger partial charge < -0.3 is 5.32 Å². The van der Waals surface area contributed by atoms with Crippen LogP contribution in [-0.2, 0) is 6.42 Å². The molecule has 1 unspecified atom stereocenters. The maximum atomic E-state index is 13.3. The molecule has 1 aromatic carbocycles. The lowest BCUT2D eigenvalue weighted by Crippen LogP contribution is -2.23. The molecule has 1 N–H and O–H groups in total. The van der Waals surface area contributed by atoms with E-state index in [4.69, 9.17) is 0 Å². The van der Waals surface area contributed by atoms with E-state index in [2.05, 4.69) is 31.3 Å². The molecular formula is C16H19F2NS. The van der Waals surface area contributed by atoms with Crippen LogP contribution in [0.1, 0.15) is 34.7 Å². The van der Waals surface area contributed by atoms with Crippen molar-refractivity contribution < 1.29 is 8.78 Å². The number of benzene rings is 1. The van der Waals surface area contributed by atoms with Crippen LogP contribution in [0.5, 0.6) is 0 Å². The number of aryl methyl sites for hydroxylation is 1. The highest BCUT2D eigenvalue weighted by Crippen LogP contribution is 2.26. The lowest BCUT2D eigenvalue weighted by molar-refractivity contribution is 0.529. The van der Waals surface area contributed by atoms with E-state index in [1.54, 1.807) is 11.3 Å². The standard InChI is InChI=1S/C16H19F2NS/c1-3-6-19-15(16-5-4-11(2)20-16)9-12-7-13(17)10-14(18)8-12/h4-5,7-8,10,15,19H,3,6,9H2,1-2H3. The maximum Gasteiger partial charge on any atom is 0.126 e. The average Bonchev–Trinajstić information content (AvgIpc) is 2.80. The van der Waals surface area contributed by atoms with E-state index in [-0.39, 0.29) is 6.04 Å². The van der Waals surface area contributed by atoms with E-state index >= 15 is 0 Å². The molecule has 1 nitrogen and oxygen atoms in total. The number of nitrogens with one attached hydrogen (secondary N) is 1. The third-order valence-electron chi connectivity index (χ3n) is 3.11. The fraction of sp³-hybridized carbons (Fsp3) is 0.375. The number of hydrogen-bond acceptors (Lipinski definition) is 2. The highest BCUT2D eigenvalue weighted by Gasteiger charge is 2.14. The average molecular weight is 295 g/mol. The Morgan fingerprint density at radius 1 is 1.15 bits per heavy atom. The lowest BCUT2D eigenvalue weighted by atomic mass is 10.0. The molecule has 1 aromatic heterocycles. The molecule has 0 aliphatic heterocycles. The Balaban J connectivity index is 2.18. The Bertz CT molecular complexity index is 545. The van der Waals surface area contributed by atoms with Crippen molar-refractivity contribution in [2.24, 2.45) is 0 Å². The molecule has 1 heterocycles. The van der Waals surface area contributed by atoms with Gasteiger partial charge in [0.15, 0.2) is 0 Å². The monoisotopic (exact) mass is 295 g/mol. The molecule has 0 spiro atoms. The molecule has 0 radical (unpaired) electrons. The number of halogens is 2. The molecule has 108 valence electrons. The second-order valence-corrected chi connectivity index (χ2v) is 6.26. The third-order valence-corrected chi connectivity index (χ3v) is 4.22.